The van der Waals surface area contributed by atoms with Gasteiger partial charge in [-0.2, -0.15) is 0 Å². The first kappa shape index (κ1) is 12.4. The van der Waals surface area contributed by atoms with E-state index >= 15 is 0 Å². The van der Waals surface area contributed by atoms with E-state index < -0.39 is 0 Å². The van der Waals surface area contributed by atoms with Crippen LogP contribution in [0.2, 0.25) is 0 Å². The molecule has 1 aliphatic rings. The van der Waals surface area contributed by atoms with E-state index in [4.69, 9.17) is 16.8 Å². The minimum atomic E-state index is -0.203. The Morgan fingerprint density at radius 2 is 2.18 bits per heavy atom. The zero-order valence-electron chi connectivity index (χ0n) is 8.78. The second kappa shape index (κ2) is 5.06. The molecule has 0 unspecified atom stereocenters. The Bertz CT molecular complexity index is 486. The predicted molar refractivity (Wildman–Crippen MR) is 68.8 cm³/mol. The van der Waals surface area contributed by atoms with Crippen molar-refractivity contribution in [2.45, 2.75) is 18.9 Å². The van der Waals surface area contributed by atoms with Crippen LogP contribution in [0.1, 0.15) is 28.8 Å². The lowest BCUT2D eigenvalue weighted by atomic mass is 10.1. The van der Waals surface area contributed by atoms with Crippen molar-refractivity contribution in [1.29, 1.82) is 0 Å². The average Bonchev–Trinajstić information content (AvgIpc) is 3.11. The van der Waals surface area contributed by atoms with Crippen LogP contribution in [0.5, 0.6) is 0 Å². The zero-order valence-corrected chi connectivity index (χ0v) is 11.1. The van der Waals surface area contributed by atoms with Gasteiger partial charge >= 0.3 is 0 Å². The molecule has 17 heavy (non-hydrogen) atoms. The number of oxime groups is 1. The fourth-order valence-corrected chi connectivity index (χ4v) is 1.95. The largest absolute Gasteiger partial charge is 0.410 e. The second-order valence-corrected chi connectivity index (χ2v) is 5.10. The summed E-state index contributed by atoms with van der Waals surface area (Å²) in [6, 6.07) is 5.28. The minimum absolute atomic E-state index is 0.0987. The molecule has 4 nitrogen and oxygen atoms in total. The average molecular weight is 318 g/mol. The zero-order chi connectivity index (χ0) is 12.4. The summed E-state index contributed by atoms with van der Waals surface area (Å²) in [5, 5.41) is 14.3. The van der Waals surface area contributed by atoms with E-state index in [1.807, 2.05) is 0 Å². The third-order valence-electron chi connectivity index (χ3n) is 2.45. The molecular weight excluding hydrogens is 307 g/mol. The van der Waals surface area contributed by atoms with Crippen LogP contribution in [0.3, 0.4) is 0 Å². The van der Waals surface area contributed by atoms with Gasteiger partial charge in [-0.15, -0.1) is 0 Å². The van der Waals surface area contributed by atoms with Gasteiger partial charge in [0.1, 0.15) is 0 Å². The van der Waals surface area contributed by atoms with E-state index in [0.717, 1.165) is 17.3 Å². The maximum atomic E-state index is 12.0. The van der Waals surface area contributed by atoms with E-state index in [1.54, 1.807) is 18.2 Å². The Kier molecular flexibility index (Phi) is 3.69. The first-order valence-corrected chi connectivity index (χ1v) is 6.27. The van der Waals surface area contributed by atoms with Gasteiger partial charge in [-0.3, -0.25) is 4.79 Å². The van der Waals surface area contributed by atoms with Crippen LogP contribution in [0.15, 0.2) is 27.8 Å². The Morgan fingerprint density at radius 1 is 1.47 bits per heavy atom. The molecule has 90 valence electrons. The molecule has 0 saturated heterocycles. The van der Waals surface area contributed by atoms with Crippen molar-refractivity contribution < 1.29 is 10.0 Å². The Labute approximate surface area is 112 Å². The third-order valence-corrected chi connectivity index (χ3v) is 3.22. The van der Waals surface area contributed by atoms with E-state index in [1.165, 1.54) is 0 Å². The van der Waals surface area contributed by atoms with Crippen LogP contribution in [0, 0.1) is 0 Å². The van der Waals surface area contributed by atoms with Crippen molar-refractivity contribution in [3.63, 3.8) is 0 Å². The van der Waals surface area contributed by atoms with Crippen LogP contribution >= 0.6 is 27.5 Å². The second-order valence-electron chi connectivity index (χ2n) is 3.83. The highest BCUT2D eigenvalue weighted by Gasteiger charge is 2.25. The number of benzene rings is 1. The van der Waals surface area contributed by atoms with Gasteiger partial charge in [0.15, 0.2) is 5.17 Å². The fourth-order valence-electron chi connectivity index (χ4n) is 1.43. The molecule has 1 fully saturated rings. The van der Waals surface area contributed by atoms with Crippen molar-refractivity contribution in [2.75, 3.05) is 0 Å². The summed E-state index contributed by atoms with van der Waals surface area (Å²) in [7, 11) is 0. The first-order chi connectivity index (χ1) is 8.11. The third kappa shape index (κ3) is 2.98. The van der Waals surface area contributed by atoms with Gasteiger partial charge in [0.05, 0.1) is 5.56 Å². The Morgan fingerprint density at radius 3 is 2.76 bits per heavy atom. The summed E-state index contributed by atoms with van der Waals surface area (Å²) in [5.74, 6) is -0.203. The maximum Gasteiger partial charge on any atom is 0.252 e. The summed E-state index contributed by atoms with van der Waals surface area (Å²) < 4.78 is 0.768. The topological polar surface area (TPSA) is 61.7 Å². The number of halogens is 2. The number of hydrogen-bond donors (Lipinski definition) is 2. The molecule has 1 amide bonds. The van der Waals surface area contributed by atoms with E-state index in [-0.39, 0.29) is 17.1 Å². The van der Waals surface area contributed by atoms with E-state index in [2.05, 4.69) is 26.4 Å². The van der Waals surface area contributed by atoms with Gasteiger partial charge in [-0.25, -0.2) is 0 Å². The molecule has 1 aromatic rings. The lowest BCUT2D eigenvalue weighted by Crippen LogP contribution is -2.26. The molecule has 0 atom stereocenters. The van der Waals surface area contributed by atoms with E-state index in [9.17, 15) is 4.79 Å². The number of rotatable bonds is 3. The molecule has 1 aromatic carbocycles. The van der Waals surface area contributed by atoms with Crippen molar-refractivity contribution in [3.8, 4) is 0 Å². The summed E-state index contributed by atoms with van der Waals surface area (Å²) in [4.78, 5) is 12.0. The molecule has 0 aliphatic heterocycles. The smallest absolute Gasteiger partial charge is 0.252 e. The molecule has 2 N–H and O–H groups in total. The van der Waals surface area contributed by atoms with Crippen molar-refractivity contribution in [3.05, 3.63) is 33.8 Å². The van der Waals surface area contributed by atoms with Gasteiger partial charge in [0, 0.05) is 16.1 Å². The van der Waals surface area contributed by atoms with Crippen LogP contribution in [-0.2, 0) is 0 Å². The molecular formula is C11H10BrClN2O2. The number of carbonyl (C=O) groups is 1. The predicted octanol–water partition coefficient (Wildman–Crippen LogP) is 2.72. The monoisotopic (exact) mass is 316 g/mol. The molecule has 0 spiro atoms. The number of nitrogens with zero attached hydrogens (tertiary/aromatic N) is 1. The Hall–Kier alpha value is -1.07. The van der Waals surface area contributed by atoms with Crippen LogP contribution in [-0.4, -0.2) is 22.3 Å². The molecule has 6 heteroatoms. The van der Waals surface area contributed by atoms with Crippen LogP contribution in [0.25, 0.3) is 0 Å². The highest BCUT2D eigenvalue weighted by molar-refractivity contribution is 9.10. The summed E-state index contributed by atoms with van der Waals surface area (Å²) in [6.07, 6.45) is 2.02. The van der Waals surface area contributed by atoms with Gasteiger partial charge in [-0.05, 0) is 31.0 Å². The first-order valence-electron chi connectivity index (χ1n) is 5.10. The maximum absolute atomic E-state index is 12.0. The number of hydrogen-bond acceptors (Lipinski definition) is 3. The SMILES string of the molecule is O=C(NC1CC1)c1cc(Br)ccc1C(Cl)=NO. The van der Waals surface area contributed by atoms with Gasteiger partial charge < -0.3 is 10.5 Å². The fraction of sp³-hybridized carbons (Fsp3) is 0.273. The lowest BCUT2D eigenvalue weighted by molar-refractivity contribution is 0.0951. The number of carbonyl (C=O) groups excluding carboxylic acids is 1. The van der Waals surface area contributed by atoms with Crippen molar-refractivity contribution in [2.24, 2.45) is 5.16 Å². The summed E-state index contributed by atoms with van der Waals surface area (Å²) in [5.41, 5.74) is 0.810. The molecule has 1 aliphatic carbocycles. The summed E-state index contributed by atoms with van der Waals surface area (Å²) in [6.45, 7) is 0. The van der Waals surface area contributed by atoms with E-state index in [0.29, 0.717) is 11.1 Å². The normalized spacial score (nSPS) is 15.8. The standard InChI is InChI=1S/C11H10BrClN2O2/c12-6-1-4-8(10(13)15-17)9(5-6)11(16)14-7-2-3-7/h1,4-5,7,17H,2-3H2,(H,14,16). The quantitative estimate of drug-likeness (QED) is 0.511. The van der Waals surface area contributed by atoms with Crippen molar-refractivity contribution >= 4 is 38.6 Å². The molecule has 0 heterocycles. The molecule has 0 aromatic heterocycles. The molecule has 2 rings (SSSR count). The van der Waals surface area contributed by atoms with Crippen LogP contribution in [0.4, 0.5) is 0 Å². The van der Waals surface area contributed by atoms with Crippen LogP contribution < -0.4 is 5.32 Å². The highest BCUT2D eigenvalue weighted by Crippen LogP contribution is 2.22. The number of nitrogens with one attached hydrogen (secondary N) is 1. The lowest BCUT2D eigenvalue weighted by Gasteiger charge is -2.08. The summed E-state index contributed by atoms with van der Waals surface area (Å²) >= 11 is 9.04. The van der Waals surface area contributed by atoms with Gasteiger partial charge in [0.25, 0.3) is 5.91 Å². The molecule has 0 bridgehead atoms. The van der Waals surface area contributed by atoms with Gasteiger partial charge in [-0.1, -0.05) is 32.7 Å². The Balaban J connectivity index is 2.34. The van der Waals surface area contributed by atoms with Crippen molar-refractivity contribution in [1.82, 2.24) is 5.32 Å². The number of amides is 1. The van der Waals surface area contributed by atoms with Gasteiger partial charge in [0.2, 0.25) is 0 Å². The highest BCUT2D eigenvalue weighted by atomic mass is 79.9. The molecule has 0 radical (unpaired) electrons. The minimum Gasteiger partial charge on any atom is -0.410 e. The molecule has 1 saturated carbocycles.